The minimum atomic E-state index is -0.375. The van der Waals surface area contributed by atoms with Gasteiger partial charge in [0.05, 0.1) is 0 Å². The van der Waals surface area contributed by atoms with Crippen LogP contribution in [0.3, 0.4) is 0 Å². The van der Waals surface area contributed by atoms with Crippen molar-refractivity contribution >= 4 is 5.97 Å². The normalized spacial score (nSPS) is 6.00. The van der Waals surface area contributed by atoms with Crippen LogP contribution in [0, 0.1) is 12.3 Å². The molecule has 0 N–H and O–H groups in total. The van der Waals surface area contributed by atoms with Crippen LogP contribution in [-0.2, 0) is 26.6 Å². The molecule has 0 aromatic carbocycles. The van der Waals surface area contributed by atoms with Gasteiger partial charge in [-0.2, -0.15) is 0 Å². The van der Waals surface area contributed by atoms with E-state index in [9.17, 15) is 4.79 Å². The molecule has 0 unspecified atom stereocenters. The van der Waals surface area contributed by atoms with Crippen molar-refractivity contribution in [1.82, 2.24) is 0 Å². The average molecular weight is 161 g/mol. The van der Waals surface area contributed by atoms with Crippen LogP contribution in [0.4, 0.5) is 0 Å². The molecule has 0 atom stereocenters. The van der Waals surface area contributed by atoms with Gasteiger partial charge in [-0.25, -0.2) is 0 Å². The first kappa shape index (κ1) is 10.5. The third-order valence-electron chi connectivity index (χ3n) is 0.348. The van der Waals surface area contributed by atoms with E-state index in [0.29, 0.717) is 0 Å². The molecule has 48 valence electrons. The first-order valence-corrected chi connectivity index (χ1v) is 1.80. The molecule has 8 heavy (non-hydrogen) atoms. The molecule has 2 nitrogen and oxygen atoms in total. The number of carbonyl (C=O) groups excluding carboxylic acids is 1. The van der Waals surface area contributed by atoms with Crippen molar-refractivity contribution < 1.29 is 26.6 Å². The Bertz CT molecular complexity index is 103. The van der Waals surface area contributed by atoms with E-state index in [1.807, 2.05) is 5.92 Å². The van der Waals surface area contributed by atoms with Crippen LogP contribution in [0.25, 0.3) is 0 Å². The largest absolute Gasteiger partial charge is 1.00 e. The van der Waals surface area contributed by atoms with E-state index in [4.69, 9.17) is 6.42 Å². The Morgan fingerprint density at radius 2 is 2.38 bits per heavy atom. The second-order valence-electron chi connectivity index (χ2n) is 0.957. The fourth-order valence-corrected chi connectivity index (χ4v) is 0.138. The molecule has 0 bridgehead atoms. The first-order valence-electron chi connectivity index (χ1n) is 1.80. The number of rotatable bonds is 1. The molecule has 3 heteroatoms. The van der Waals surface area contributed by atoms with Gasteiger partial charge in [0.1, 0.15) is 6.61 Å². The topological polar surface area (TPSA) is 26.3 Å². The van der Waals surface area contributed by atoms with E-state index in [0.717, 1.165) is 0 Å². The minimum Gasteiger partial charge on any atom is -0.690 e. The Morgan fingerprint density at radius 1 is 1.88 bits per heavy atom. The summed E-state index contributed by atoms with van der Waals surface area (Å²) in [5, 5.41) is 0. The number of ether oxygens (including phenoxy) is 1. The summed E-state index contributed by atoms with van der Waals surface area (Å²) in [6.45, 7) is 1.26. The van der Waals surface area contributed by atoms with Crippen LogP contribution in [0.15, 0.2) is 0 Å². The van der Waals surface area contributed by atoms with Crippen LogP contribution in [-0.4, -0.2) is 12.6 Å². The molecule has 0 aliphatic rings. The minimum absolute atomic E-state index is 0. The molecule has 0 spiro atoms. The Balaban J connectivity index is 0. The van der Waals surface area contributed by atoms with Crippen molar-refractivity contribution in [1.29, 1.82) is 0 Å². The Labute approximate surface area is 59.1 Å². The van der Waals surface area contributed by atoms with Gasteiger partial charge < -0.3 is 17.1 Å². The molecular formula is C5H5CuO2. The second-order valence-corrected chi connectivity index (χ2v) is 0.957. The predicted octanol–water partition coefficient (Wildman–Crippen LogP) is 0.137. The fourth-order valence-electron chi connectivity index (χ4n) is 0.138. The molecule has 0 aromatic rings. The van der Waals surface area contributed by atoms with Crippen molar-refractivity contribution in [2.24, 2.45) is 0 Å². The summed E-state index contributed by atoms with van der Waals surface area (Å²) in [5.41, 5.74) is 0. The summed E-state index contributed by atoms with van der Waals surface area (Å²) < 4.78 is 4.25. The number of esters is 1. The molecule has 0 aromatic heterocycles. The zero-order chi connectivity index (χ0) is 5.70. The monoisotopic (exact) mass is 160 g/mol. The van der Waals surface area contributed by atoms with Gasteiger partial charge >= 0.3 is 23.0 Å². The standard InChI is InChI=1S/C5H5O2.Cu/c1-3-4-7-5(2)6;/h4H2,2H3;/q-1;+1. The van der Waals surface area contributed by atoms with E-state index in [1.54, 1.807) is 0 Å². The van der Waals surface area contributed by atoms with Gasteiger partial charge in [-0.3, -0.25) is 4.79 Å². The molecule has 0 radical (unpaired) electrons. The van der Waals surface area contributed by atoms with Crippen LogP contribution in [0.1, 0.15) is 6.92 Å². The Hall–Kier alpha value is -0.451. The molecule has 0 saturated carbocycles. The third-order valence-corrected chi connectivity index (χ3v) is 0.348. The van der Waals surface area contributed by atoms with Crippen LogP contribution in [0.5, 0.6) is 0 Å². The Kier molecular flexibility index (Phi) is 8.61. The van der Waals surface area contributed by atoms with Crippen molar-refractivity contribution in [3.05, 3.63) is 6.42 Å². The van der Waals surface area contributed by atoms with Crippen molar-refractivity contribution in [2.75, 3.05) is 6.61 Å². The molecule has 0 saturated heterocycles. The molecule has 0 rings (SSSR count). The maximum Gasteiger partial charge on any atom is 1.00 e. The van der Waals surface area contributed by atoms with Crippen molar-refractivity contribution in [3.8, 4) is 5.92 Å². The molecule has 0 aliphatic carbocycles. The van der Waals surface area contributed by atoms with E-state index < -0.39 is 0 Å². The van der Waals surface area contributed by atoms with E-state index >= 15 is 0 Å². The number of carbonyl (C=O) groups is 1. The zero-order valence-corrected chi connectivity index (χ0v) is 5.27. The summed E-state index contributed by atoms with van der Waals surface area (Å²) in [6, 6.07) is 0. The maximum absolute atomic E-state index is 9.86. The van der Waals surface area contributed by atoms with Crippen LogP contribution < -0.4 is 0 Å². The third kappa shape index (κ3) is 9.12. The van der Waals surface area contributed by atoms with Gasteiger partial charge in [0.15, 0.2) is 0 Å². The Morgan fingerprint density at radius 3 is 2.50 bits per heavy atom. The smallest absolute Gasteiger partial charge is 0.690 e. The van der Waals surface area contributed by atoms with Gasteiger partial charge in [-0.05, 0) is 0 Å². The van der Waals surface area contributed by atoms with Crippen LogP contribution >= 0.6 is 0 Å². The summed E-state index contributed by atoms with van der Waals surface area (Å²) in [6.07, 6.45) is 6.27. The zero-order valence-electron chi connectivity index (χ0n) is 4.33. The number of hydrogen-bond donors (Lipinski definition) is 0. The predicted molar refractivity (Wildman–Crippen MR) is 23.8 cm³/mol. The van der Waals surface area contributed by atoms with Gasteiger partial charge in [-0.1, -0.05) is 0 Å². The average Bonchev–Trinajstić information content (AvgIpc) is 1.61. The van der Waals surface area contributed by atoms with Crippen molar-refractivity contribution in [3.63, 3.8) is 0 Å². The summed E-state index contributed by atoms with van der Waals surface area (Å²) in [4.78, 5) is 9.86. The van der Waals surface area contributed by atoms with Gasteiger partial charge in [-0.15, -0.1) is 0 Å². The van der Waals surface area contributed by atoms with Crippen molar-refractivity contribution in [2.45, 2.75) is 6.92 Å². The second kappa shape index (κ2) is 6.55. The van der Waals surface area contributed by atoms with E-state index in [2.05, 4.69) is 4.74 Å². The first-order chi connectivity index (χ1) is 3.27. The van der Waals surface area contributed by atoms with Gasteiger partial charge in [0.25, 0.3) is 0 Å². The molecular weight excluding hydrogens is 156 g/mol. The summed E-state index contributed by atoms with van der Waals surface area (Å²) in [5.74, 6) is 1.53. The maximum atomic E-state index is 9.86. The fraction of sp³-hybridized carbons (Fsp3) is 0.400. The summed E-state index contributed by atoms with van der Waals surface area (Å²) in [7, 11) is 0. The van der Waals surface area contributed by atoms with Crippen LogP contribution in [0.2, 0.25) is 0 Å². The van der Waals surface area contributed by atoms with E-state index in [-0.39, 0.29) is 29.6 Å². The number of hydrogen-bond acceptors (Lipinski definition) is 2. The van der Waals surface area contributed by atoms with Gasteiger partial charge in [0.2, 0.25) is 0 Å². The molecule has 0 aliphatic heterocycles. The SMILES string of the molecule is [C-]#CCOC(C)=O.[Cu+]. The van der Waals surface area contributed by atoms with E-state index in [1.165, 1.54) is 6.92 Å². The quantitative estimate of drug-likeness (QED) is 0.236. The summed E-state index contributed by atoms with van der Waals surface area (Å²) >= 11 is 0. The molecule has 0 heterocycles. The molecule has 0 fully saturated rings. The van der Waals surface area contributed by atoms with Gasteiger partial charge in [0, 0.05) is 6.92 Å². The molecule has 0 amide bonds.